The number of carbonyl (C=O) groups excluding carboxylic acids is 1. The third kappa shape index (κ3) is 4.97. The number of halogens is 2. The Morgan fingerprint density at radius 3 is 2.62 bits per heavy atom. The maximum absolute atomic E-state index is 14.3. The van der Waals surface area contributed by atoms with Crippen LogP contribution >= 0.6 is 0 Å². The number of rotatable bonds is 6. The molecule has 12 heteroatoms. The van der Waals surface area contributed by atoms with Crippen molar-refractivity contribution in [1.82, 2.24) is 9.88 Å². The lowest BCUT2D eigenvalue weighted by atomic mass is 10.1. The van der Waals surface area contributed by atoms with E-state index in [1.165, 1.54) is 25.4 Å². The summed E-state index contributed by atoms with van der Waals surface area (Å²) in [5, 5.41) is 7.39. The summed E-state index contributed by atoms with van der Waals surface area (Å²) in [4.78, 5) is 20.7. The highest BCUT2D eigenvalue weighted by Gasteiger charge is 2.36. The van der Waals surface area contributed by atoms with Gasteiger partial charge in [-0.1, -0.05) is 0 Å². The molecule has 1 aromatic heterocycles. The summed E-state index contributed by atoms with van der Waals surface area (Å²) in [6.45, 7) is 5.23. The number of nitrogens with two attached hydrogens (primary N) is 1. The van der Waals surface area contributed by atoms with Crippen LogP contribution in [0.2, 0.25) is 0 Å². The highest BCUT2D eigenvalue weighted by Crippen LogP contribution is 2.35. The Labute approximate surface area is 185 Å². The van der Waals surface area contributed by atoms with Crippen LogP contribution < -0.4 is 20.1 Å². The molecule has 1 amide bonds. The summed E-state index contributed by atoms with van der Waals surface area (Å²) in [5.74, 6) is -2.95. The van der Waals surface area contributed by atoms with E-state index in [2.05, 4.69) is 15.2 Å². The highest BCUT2D eigenvalue weighted by molar-refractivity contribution is 7.89. The van der Waals surface area contributed by atoms with Crippen molar-refractivity contribution >= 4 is 27.3 Å². The number of carbonyl (C=O) groups is 1. The number of aromatic nitrogens is 1. The van der Waals surface area contributed by atoms with Gasteiger partial charge in [0.25, 0.3) is 10.0 Å². The summed E-state index contributed by atoms with van der Waals surface area (Å²) in [6, 6.07) is 4.29. The first-order chi connectivity index (χ1) is 15.0. The van der Waals surface area contributed by atoms with Gasteiger partial charge in [-0.05, 0) is 32.0 Å². The molecule has 1 aliphatic heterocycles. The molecule has 1 fully saturated rings. The van der Waals surface area contributed by atoms with Gasteiger partial charge in [-0.25, -0.2) is 22.9 Å². The van der Waals surface area contributed by atoms with E-state index in [-0.39, 0.29) is 28.2 Å². The molecule has 0 radical (unpaired) electrons. The zero-order valence-electron chi connectivity index (χ0n) is 17.9. The van der Waals surface area contributed by atoms with Crippen molar-refractivity contribution in [3.8, 4) is 5.75 Å². The number of primary sulfonamides is 1. The average Bonchev–Trinajstić information content (AvgIpc) is 2.74. The lowest BCUT2D eigenvalue weighted by Gasteiger charge is -2.43. The van der Waals surface area contributed by atoms with Crippen molar-refractivity contribution in [3.63, 3.8) is 0 Å². The molecular weight excluding hydrogens is 444 g/mol. The van der Waals surface area contributed by atoms with E-state index in [0.717, 1.165) is 12.1 Å². The maximum Gasteiger partial charge on any atom is 0.255 e. The van der Waals surface area contributed by atoms with E-state index in [4.69, 9.17) is 9.88 Å². The second-order valence-electron chi connectivity index (χ2n) is 7.63. The van der Waals surface area contributed by atoms with E-state index < -0.39 is 33.6 Å². The van der Waals surface area contributed by atoms with Gasteiger partial charge in [-0.3, -0.25) is 9.69 Å². The Bertz CT molecular complexity index is 1110. The third-order valence-electron chi connectivity index (χ3n) is 5.28. The molecule has 1 aliphatic rings. The van der Waals surface area contributed by atoms with Crippen LogP contribution in [0.3, 0.4) is 0 Å². The van der Waals surface area contributed by atoms with Gasteiger partial charge < -0.3 is 15.0 Å². The van der Waals surface area contributed by atoms with Crippen LogP contribution in [0.4, 0.5) is 20.2 Å². The fourth-order valence-corrected chi connectivity index (χ4v) is 4.10. The summed E-state index contributed by atoms with van der Waals surface area (Å²) in [6.07, 6.45) is 1.22. The standard InChI is InChI=1S/C20H25F2N5O4S/c1-12(2)26-8-9-27(15-5-4-14(21)18(22)19(15)31-3)16(11-26)20(28)25-13-6-7-24-17(10-13)32(23,29)30/h4-7,10,12,16H,8-9,11H2,1-3H3,(H2,23,29,30)(H,24,25,28). The smallest absolute Gasteiger partial charge is 0.255 e. The number of hydrogen-bond acceptors (Lipinski definition) is 7. The molecule has 174 valence electrons. The van der Waals surface area contributed by atoms with Crippen LogP contribution in [0, 0.1) is 11.6 Å². The molecule has 3 rings (SSSR count). The Balaban J connectivity index is 1.96. The van der Waals surface area contributed by atoms with Crippen LogP contribution in [-0.2, 0) is 14.8 Å². The van der Waals surface area contributed by atoms with Crippen molar-refractivity contribution in [3.05, 3.63) is 42.1 Å². The molecule has 0 aliphatic carbocycles. The van der Waals surface area contributed by atoms with Gasteiger partial charge in [0, 0.05) is 43.6 Å². The van der Waals surface area contributed by atoms with Crippen LogP contribution in [0.1, 0.15) is 13.8 Å². The first-order valence-electron chi connectivity index (χ1n) is 9.85. The summed E-state index contributed by atoms with van der Waals surface area (Å²) in [5.41, 5.74) is 0.433. The maximum atomic E-state index is 14.3. The molecule has 1 atom stereocenters. The van der Waals surface area contributed by atoms with Gasteiger partial charge >= 0.3 is 0 Å². The van der Waals surface area contributed by atoms with Crippen molar-refractivity contribution in [2.24, 2.45) is 5.14 Å². The molecule has 0 bridgehead atoms. The van der Waals surface area contributed by atoms with E-state index >= 15 is 0 Å². The third-order valence-corrected chi connectivity index (χ3v) is 6.09. The number of benzene rings is 1. The molecule has 32 heavy (non-hydrogen) atoms. The summed E-state index contributed by atoms with van der Waals surface area (Å²) < 4.78 is 56.3. The number of ether oxygens (including phenoxy) is 1. The number of anilines is 2. The minimum atomic E-state index is -4.05. The molecule has 3 N–H and O–H groups in total. The lowest BCUT2D eigenvalue weighted by molar-refractivity contribution is -0.118. The van der Waals surface area contributed by atoms with E-state index in [0.29, 0.717) is 19.6 Å². The van der Waals surface area contributed by atoms with Gasteiger partial charge in [0.15, 0.2) is 16.6 Å². The number of hydrogen-bond donors (Lipinski definition) is 2. The molecule has 9 nitrogen and oxygen atoms in total. The van der Waals surface area contributed by atoms with Crippen molar-refractivity contribution in [1.29, 1.82) is 0 Å². The zero-order valence-corrected chi connectivity index (χ0v) is 18.7. The predicted molar refractivity (Wildman–Crippen MR) is 115 cm³/mol. The van der Waals surface area contributed by atoms with Crippen LogP contribution in [0.15, 0.2) is 35.5 Å². The van der Waals surface area contributed by atoms with E-state index in [1.807, 2.05) is 13.8 Å². The Morgan fingerprint density at radius 2 is 2.00 bits per heavy atom. The minimum Gasteiger partial charge on any atom is -0.491 e. The molecule has 1 aromatic carbocycles. The number of sulfonamides is 1. The number of amides is 1. The Kier molecular flexibility index (Phi) is 6.96. The quantitative estimate of drug-likeness (QED) is 0.659. The highest BCUT2D eigenvalue weighted by atomic mass is 32.2. The fraction of sp³-hybridized carbons (Fsp3) is 0.400. The summed E-state index contributed by atoms with van der Waals surface area (Å²) >= 11 is 0. The van der Waals surface area contributed by atoms with Gasteiger partial charge in [0.2, 0.25) is 11.7 Å². The van der Waals surface area contributed by atoms with Crippen LogP contribution in [0.5, 0.6) is 5.75 Å². The largest absolute Gasteiger partial charge is 0.491 e. The predicted octanol–water partition coefficient (Wildman–Crippen LogP) is 1.55. The number of pyridine rings is 1. The number of piperazine rings is 1. The molecule has 1 unspecified atom stereocenters. The molecular formula is C20H25F2N5O4S. The van der Waals surface area contributed by atoms with E-state index in [9.17, 15) is 22.0 Å². The number of nitrogens with one attached hydrogen (secondary N) is 1. The molecule has 0 spiro atoms. The minimum absolute atomic E-state index is 0.147. The zero-order chi connectivity index (χ0) is 23.6. The lowest BCUT2D eigenvalue weighted by Crippen LogP contribution is -2.59. The SMILES string of the molecule is COc1c(N2CCN(C(C)C)CC2C(=O)Nc2ccnc(S(N)(=O)=O)c2)ccc(F)c1F. The van der Waals surface area contributed by atoms with Crippen molar-refractivity contribution in [2.75, 3.05) is 37.0 Å². The Morgan fingerprint density at radius 1 is 1.28 bits per heavy atom. The van der Waals surface area contributed by atoms with Gasteiger partial charge in [0.05, 0.1) is 12.8 Å². The van der Waals surface area contributed by atoms with Crippen LogP contribution in [-0.4, -0.2) is 63.0 Å². The normalized spacial score (nSPS) is 17.5. The number of methoxy groups -OCH3 is 1. The monoisotopic (exact) mass is 469 g/mol. The van der Waals surface area contributed by atoms with Gasteiger partial charge in [-0.2, -0.15) is 4.39 Å². The second-order valence-corrected chi connectivity index (χ2v) is 9.14. The molecule has 2 heterocycles. The van der Waals surface area contributed by atoms with Gasteiger partial charge in [0.1, 0.15) is 6.04 Å². The van der Waals surface area contributed by atoms with Crippen molar-refractivity contribution < 1.29 is 26.7 Å². The average molecular weight is 470 g/mol. The molecule has 0 saturated carbocycles. The Hall–Kier alpha value is -2.83. The van der Waals surface area contributed by atoms with Crippen LogP contribution in [0.25, 0.3) is 0 Å². The molecule has 1 saturated heterocycles. The first kappa shape index (κ1) is 23.8. The van der Waals surface area contributed by atoms with E-state index in [1.54, 1.807) is 4.90 Å². The number of nitrogens with zero attached hydrogens (tertiary/aromatic N) is 3. The molecule has 2 aromatic rings. The van der Waals surface area contributed by atoms with Gasteiger partial charge in [-0.15, -0.1) is 0 Å². The van der Waals surface area contributed by atoms with Crippen molar-refractivity contribution in [2.45, 2.75) is 31.0 Å². The topological polar surface area (TPSA) is 118 Å². The fourth-order valence-electron chi connectivity index (χ4n) is 3.60. The first-order valence-corrected chi connectivity index (χ1v) is 11.4. The summed E-state index contributed by atoms with van der Waals surface area (Å²) in [7, 11) is -2.82. The second kappa shape index (κ2) is 9.35.